The van der Waals surface area contributed by atoms with Gasteiger partial charge >= 0.3 is 0 Å². The van der Waals surface area contributed by atoms with Crippen molar-refractivity contribution in [3.8, 4) is 0 Å². The summed E-state index contributed by atoms with van der Waals surface area (Å²) in [5, 5.41) is 1.03. The second kappa shape index (κ2) is 8.84. The summed E-state index contributed by atoms with van der Waals surface area (Å²) in [5.74, 6) is 0. The molecular weight excluding hydrogens is 428 g/mol. The lowest BCUT2D eigenvalue weighted by Crippen LogP contribution is -2.17. The molecule has 148 valence electrons. The summed E-state index contributed by atoms with van der Waals surface area (Å²) in [6.45, 7) is 2.71. The number of benzene rings is 1. The maximum atomic E-state index is 6.59. The van der Waals surface area contributed by atoms with Crippen LogP contribution in [0.1, 0.15) is 36.2 Å². The molecule has 1 saturated heterocycles. The fourth-order valence-electron chi connectivity index (χ4n) is 3.40. The summed E-state index contributed by atoms with van der Waals surface area (Å²) in [4.78, 5) is 13.7. The first-order valence-corrected chi connectivity index (χ1v) is 10.5. The number of fused-ring (bicyclic) bond motifs is 1. The minimum absolute atomic E-state index is 0.117. The molecule has 1 aliphatic heterocycles. The van der Waals surface area contributed by atoms with Gasteiger partial charge in [0.25, 0.3) is 0 Å². The number of aliphatic imine (C=N–C) groups is 1. The van der Waals surface area contributed by atoms with E-state index in [1.54, 1.807) is 6.20 Å². The molecule has 0 aliphatic carbocycles. The van der Waals surface area contributed by atoms with Gasteiger partial charge in [-0.3, -0.25) is 15.0 Å². The van der Waals surface area contributed by atoms with Gasteiger partial charge in [-0.05, 0) is 78.0 Å². The van der Waals surface area contributed by atoms with Crippen molar-refractivity contribution in [2.75, 3.05) is 6.61 Å². The average molecular weight is 451 g/mol. The highest BCUT2D eigenvalue weighted by molar-refractivity contribution is 9.10. The van der Waals surface area contributed by atoms with Crippen LogP contribution >= 0.6 is 15.9 Å². The van der Waals surface area contributed by atoms with Crippen molar-refractivity contribution in [1.29, 1.82) is 0 Å². The first kappa shape index (κ1) is 19.7. The fourth-order valence-corrected chi connectivity index (χ4v) is 3.75. The Morgan fingerprint density at radius 1 is 1.24 bits per heavy atom. The van der Waals surface area contributed by atoms with Crippen molar-refractivity contribution in [2.45, 2.75) is 32.4 Å². The Labute approximate surface area is 178 Å². The quantitative estimate of drug-likeness (QED) is 0.559. The zero-order valence-corrected chi connectivity index (χ0v) is 17.9. The number of pyridine rings is 2. The molecule has 1 fully saturated rings. The largest absolute Gasteiger partial charge is 0.396 e. The van der Waals surface area contributed by atoms with E-state index >= 15 is 0 Å². The van der Waals surface area contributed by atoms with Crippen LogP contribution < -0.4 is 5.73 Å². The molecule has 1 unspecified atom stereocenters. The fraction of sp³-hybridized carbons (Fsp3) is 0.261. The summed E-state index contributed by atoms with van der Waals surface area (Å²) in [5.41, 5.74) is 11.6. The van der Waals surface area contributed by atoms with E-state index in [-0.39, 0.29) is 6.23 Å². The van der Waals surface area contributed by atoms with E-state index in [2.05, 4.69) is 37.0 Å². The smallest absolute Gasteiger partial charge is 0.148 e. The molecule has 0 spiro atoms. The molecule has 1 aliphatic rings. The van der Waals surface area contributed by atoms with Gasteiger partial charge in [0.2, 0.25) is 0 Å². The van der Waals surface area contributed by atoms with Crippen LogP contribution in [0.5, 0.6) is 0 Å². The van der Waals surface area contributed by atoms with E-state index in [0.29, 0.717) is 5.70 Å². The zero-order valence-electron chi connectivity index (χ0n) is 16.3. The van der Waals surface area contributed by atoms with Crippen LogP contribution in [0.15, 0.2) is 58.1 Å². The minimum atomic E-state index is -0.117. The van der Waals surface area contributed by atoms with E-state index in [9.17, 15) is 0 Å². The van der Waals surface area contributed by atoms with Crippen molar-refractivity contribution in [3.63, 3.8) is 0 Å². The van der Waals surface area contributed by atoms with Gasteiger partial charge in [0.05, 0.1) is 16.9 Å². The van der Waals surface area contributed by atoms with E-state index in [0.717, 1.165) is 63.8 Å². The van der Waals surface area contributed by atoms with Crippen LogP contribution in [0.4, 0.5) is 0 Å². The summed E-state index contributed by atoms with van der Waals surface area (Å²) in [6, 6.07) is 14.0. The van der Waals surface area contributed by atoms with Gasteiger partial charge in [0.15, 0.2) is 0 Å². The third kappa shape index (κ3) is 4.71. The number of ether oxygens (including phenoxy) is 1. The van der Waals surface area contributed by atoms with Crippen LogP contribution in [0.3, 0.4) is 0 Å². The summed E-state index contributed by atoms with van der Waals surface area (Å²) in [6.07, 6.45) is 6.67. The molecule has 0 saturated carbocycles. The molecule has 29 heavy (non-hydrogen) atoms. The number of nitrogens with zero attached hydrogens (tertiary/aromatic N) is 3. The van der Waals surface area contributed by atoms with Gasteiger partial charge in [-0.1, -0.05) is 12.1 Å². The summed E-state index contributed by atoms with van der Waals surface area (Å²) < 4.78 is 6.70. The third-order valence-electron chi connectivity index (χ3n) is 4.94. The second-order valence-electron chi connectivity index (χ2n) is 7.15. The predicted molar refractivity (Wildman–Crippen MR) is 122 cm³/mol. The highest BCUT2D eigenvalue weighted by Crippen LogP contribution is 2.26. The molecule has 1 atom stereocenters. The first-order valence-electron chi connectivity index (χ1n) is 9.74. The number of aromatic nitrogens is 2. The molecule has 0 amide bonds. The summed E-state index contributed by atoms with van der Waals surface area (Å²) >= 11 is 3.50. The van der Waals surface area contributed by atoms with E-state index in [4.69, 9.17) is 10.5 Å². The predicted octanol–water partition coefficient (Wildman–Crippen LogP) is 5.13. The Hall–Kier alpha value is -2.57. The molecule has 3 aromatic rings. The number of aryl methyl sites for hydroxylation is 1. The van der Waals surface area contributed by atoms with E-state index in [1.807, 2.05) is 49.5 Å². The Balaban J connectivity index is 1.81. The van der Waals surface area contributed by atoms with Gasteiger partial charge in [0.1, 0.15) is 6.23 Å². The van der Waals surface area contributed by atoms with Gasteiger partial charge in [0, 0.05) is 40.1 Å². The Kier molecular flexibility index (Phi) is 6.02. The zero-order chi connectivity index (χ0) is 20.2. The molecule has 1 aromatic carbocycles. The van der Waals surface area contributed by atoms with Crippen LogP contribution in [-0.4, -0.2) is 29.0 Å². The monoisotopic (exact) mass is 450 g/mol. The van der Waals surface area contributed by atoms with Crippen LogP contribution in [0.25, 0.3) is 22.2 Å². The lowest BCUT2D eigenvalue weighted by atomic mass is 10.0. The third-order valence-corrected chi connectivity index (χ3v) is 5.37. The minimum Gasteiger partial charge on any atom is -0.396 e. The first-order chi connectivity index (χ1) is 14.1. The maximum Gasteiger partial charge on any atom is 0.148 e. The Morgan fingerprint density at radius 3 is 2.93 bits per heavy atom. The van der Waals surface area contributed by atoms with Crippen molar-refractivity contribution in [1.82, 2.24) is 9.97 Å². The van der Waals surface area contributed by atoms with Crippen molar-refractivity contribution in [3.05, 3.63) is 70.1 Å². The van der Waals surface area contributed by atoms with Crippen molar-refractivity contribution >= 4 is 44.3 Å². The topological polar surface area (TPSA) is 73.4 Å². The van der Waals surface area contributed by atoms with Crippen molar-refractivity contribution < 1.29 is 4.74 Å². The van der Waals surface area contributed by atoms with Crippen LogP contribution in [0.2, 0.25) is 0 Å². The molecule has 2 N–H and O–H groups in total. The van der Waals surface area contributed by atoms with Gasteiger partial charge in [-0.25, -0.2) is 0 Å². The number of halogens is 1. The number of nitrogens with two attached hydrogens (primary N) is 1. The second-order valence-corrected chi connectivity index (χ2v) is 8.07. The number of hydrogen-bond acceptors (Lipinski definition) is 5. The normalized spacial score (nSPS) is 18.2. The number of rotatable bonds is 4. The Bertz CT molecular complexity index is 1090. The standard InChI is InChI=1S/C23H23BrN4O/c1-15-5-4-6-21(28-15)23(25)19(14-27-22-7-2-3-10-29-22)16-8-9-20-17(11-16)12-18(24)13-26-20/h4-6,8-9,11-14,22H,2-3,7,10,25H2,1H3/b23-19+,27-14+. The van der Waals surface area contributed by atoms with Gasteiger partial charge < -0.3 is 10.5 Å². The molecule has 0 bridgehead atoms. The SMILES string of the molecule is Cc1cccc(/C(N)=C(/C=N/C2CCCCO2)c2ccc3ncc(Br)cc3c2)n1. The molecule has 6 heteroatoms. The number of allylic oxidation sites excluding steroid dienone is 1. The lowest BCUT2D eigenvalue weighted by Gasteiger charge is -2.19. The highest BCUT2D eigenvalue weighted by atomic mass is 79.9. The molecule has 3 heterocycles. The highest BCUT2D eigenvalue weighted by Gasteiger charge is 2.14. The maximum absolute atomic E-state index is 6.59. The molecule has 0 radical (unpaired) electrons. The van der Waals surface area contributed by atoms with Gasteiger partial charge in [-0.15, -0.1) is 0 Å². The van der Waals surface area contributed by atoms with Gasteiger partial charge in [-0.2, -0.15) is 0 Å². The summed E-state index contributed by atoms with van der Waals surface area (Å²) in [7, 11) is 0. The van der Waals surface area contributed by atoms with Crippen LogP contribution in [-0.2, 0) is 4.74 Å². The lowest BCUT2D eigenvalue weighted by molar-refractivity contribution is 0.0227. The average Bonchev–Trinajstić information content (AvgIpc) is 2.74. The molecule has 4 rings (SSSR count). The molecular formula is C23H23BrN4O. The molecule has 2 aromatic heterocycles. The van der Waals surface area contributed by atoms with Crippen molar-refractivity contribution in [2.24, 2.45) is 10.7 Å². The van der Waals surface area contributed by atoms with E-state index < -0.39 is 0 Å². The van der Waals surface area contributed by atoms with Crippen LogP contribution in [0, 0.1) is 6.92 Å². The Morgan fingerprint density at radius 2 is 2.14 bits per heavy atom. The van der Waals surface area contributed by atoms with E-state index in [1.165, 1.54) is 0 Å². The molecule has 5 nitrogen and oxygen atoms in total. The number of hydrogen-bond donors (Lipinski definition) is 1.